The lowest BCUT2D eigenvalue weighted by Gasteiger charge is -2.32. The van der Waals surface area contributed by atoms with Crippen LogP contribution >= 0.6 is 0 Å². The number of hydrogen-bond donors (Lipinski definition) is 0. The van der Waals surface area contributed by atoms with Crippen molar-refractivity contribution in [1.29, 1.82) is 0 Å². The third-order valence-corrected chi connectivity index (χ3v) is 3.47. The molecule has 0 aromatic carbocycles. The van der Waals surface area contributed by atoms with Crippen LogP contribution in [0.25, 0.3) is 0 Å². The normalized spacial score (nSPS) is 25.5. The second-order valence-corrected chi connectivity index (χ2v) is 5.02. The van der Waals surface area contributed by atoms with E-state index in [1.807, 2.05) is 0 Å². The van der Waals surface area contributed by atoms with Gasteiger partial charge < -0.3 is 14.0 Å². The van der Waals surface area contributed by atoms with Crippen LogP contribution < -0.4 is 0 Å². The maximum atomic E-state index is 5.79. The molecule has 1 saturated heterocycles. The Balaban J connectivity index is 1.54. The van der Waals surface area contributed by atoms with Crippen LogP contribution in [-0.2, 0) is 22.6 Å². The monoisotopic (exact) mass is 253 g/mol. The second-order valence-electron chi connectivity index (χ2n) is 5.02. The largest absolute Gasteiger partial charge is 0.375 e. The molecule has 0 bridgehead atoms. The van der Waals surface area contributed by atoms with E-state index >= 15 is 0 Å². The first-order valence-electron chi connectivity index (χ1n) is 6.49. The van der Waals surface area contributed by atoms with E-state index < -0.39 is 0 Å². The Kier molecular flexibility index (Phi) is 3.58. The molecule has 100 valence electrons. The van der Waals surface area contributed by atoms with Crippen molar-refractivity contribution in [3.63, 3.8) is 0 Å². The maximum Gasteiger partial charge on any atom is 0.252 e. The standard InChI is InChI=1S/C12H19N3O3/c1-16-8-12-13-11(14-18-12)7-15-4-5-17-10(6-15)9-2-3-9/h9-10H,2-8H2,1H3. The molecular weight excluding hydrogens is 234 g/mol. The molecule has 2 heterocycles. The SMILES string of the molecule is COCc1nc(CN2CCOC(C3CC3)C2)no1. The lowest BCUT2D eigenvalue weighted by molar-refractivity contribution is -0.0426. The predicted octanol–water partition coefficient (Wildman–Crippen LogP) is 0.827. The van der Waals surface area contributed by atoms with E-state index in [1.54, 1.807) is 7.11 Å². The highest BCUT2D eigenvalue weighted by Crippen LogP contribution is 2.35. The molecule has 1 unspecified atom stereocenters. The molecule has 3 rings (SSSR count). The van der Waals surface area contributed by atoms with Gasteiger partial charge in [-0.3, -0.25) is 4.90 Å². The molecule has 1 aliphatic carbocycles. The van der Waals surface area contributed by atoms with Crippen LogP contribution in [0.15, 0.2) is 4.52 Å². The van der Waals surface area contributed by atoms with E-state index in [0.717, 1.165) is 38.0 Å². The Labute approximate surface area is 106 Å². The van der Waals surface area contributed by atoms with Gasteiger partial charge in [0.05, 0.1) is 19.3 Å². The van der Waals surface area contributed by atoms with Crippen LogP contribution in [0.5, 0.6) is 0 Å². The van der Waals surface area contributed by atoms with Crippen LogP contribution in [-0.4, -0.2) is 48.0 Å². The number of hydrogen-bond acceptors (Lipinski definition) is 6. The molecule has 1 aliphatic heterocycles. The Bertz CT molecular complexity index is 392. The van der Waals surface area contributed by atoms with Gasteiger partial charge in [-0.25, -0.2) is 0 Å². The summed E-state index contributed by atoms with van der Waals surface area (Å²) in [5, 5.41) is 3.97. The van der Waals surface area contributed by atoms with Crippen LogP contribution in [0.3, 0.4) is 0 Å². The van der Waals surface area contributed by atoms with Crippen molar-refractivity contribution in [1.82, 2.24) is 15.0 Å². The van der Waals surface area contributed by atoms with E-state index in [9.17, 15) is 0 Å². The first-order chi connectivity index (χ1) is 8.85. The summed E-state index contributed by atoms with van der Waals surface area (Å²) >= 11 is 0. The second kappa shape index (κ2) is 5.34. The van der Waals surface area contributed by atoms with Crippen molar-refractivity contribution in [3.05, 3.63) is 11.7 Å². The molecule has 2 fully saturated rings. The lowest BCUT2D eigenvalue weighted by Crippen LogP contribution is -2.43. The van der Waals surface area contributed by atoms with Gasteiger partial charge in [0.15, 0.2) is 5.82 Å². The number of ether oxygens (including phenoxy) is 2. The average Bonchev–Trinajstić information content (AvgIpc) is 3.14. The Morgan fingerprint density at radius 2 is 2.33 bits per heavy atom. The first-order valence-corrected chi connectivity index (χ1v) is 6.49. The molecule has 1 aromatic heterocycles. The molecular formula is C12H19N3O3. The van der Waals surface area contributed by atoms with Crippen molar-refractivity contribution in [3.8, 4) is 0 Å². The van der Waals surface area contributed by atoms with Crippen LogP contribution in [0.4, 0.5) is 0 Å². The third-order valence-electron chi connectivity index (χ3n) is 3.47. The van der Waals surface area contributed by atoms with Gasteiger partial charge in [0.1, 0.15) is 6.61 Å². The van der Waals surface area contributed by atoms with Gasteiger partial charge in [-0.2, -0.15) is 4.98 Å². The number of methoxy groups -OCH3 is 1. The van der Waals surface area contributed by atoms with E-state index in [1.165, 1.54) is 12.8 Å². The predicted molar refractivity (Wildman–Crippen MR) is 62.8 cm³/mol. The number of rotatable bonds is 5. The zero-order valence-electron chi connectivity index (χ0n) is 10.7. The number of morpholine rings is 1. The Morgan fingerprint density at radius 1 is 1.44 bits per heavy atom. The van der Waals surface area contributed by atoms with Crippen LogP contribution in [0.2, 0.25) is 0 Å². The minimum Gasteiger partial charge on any atom is -0.375 e. The van der Waals surface area contributed by atoms with Crippen LogP contribution in [0, 0.1) is 5.92 Å². The van der Waals surface area contributed by atoms with Crippen molar-refractivity contribution >= 4 is 0 Å². The number of aromatic nitrogens is 2. The van der Waals surface area contributed by atoms with Gasteiger partial charge in [0, 0.05) is 20.2 Å². The zero-order chi connectivity index (χ0) is 12.4. The fourth-order valence-electron chi connectivity index (χ4n) is 2.36. The van der Waals surface area contributed by atoms with Crippen LogP contribution in [0.1, 0.15) is 24.6 Å². The molecule has 6 heteroatoms. The quantitative estimate of drug-likeness (QED) is 0.774. The highest BCUT2D eigenvalue weighted by atomic mass is 16.5. The maximum absolute atomic E-state index is 5.79. The van der Waals surface area contributed by atoms with Crippen molar-refractivity contribution < 1.29 is 14.0 Å². The van der Waals surface area contributed by atoms with Crippen molar-refractivity contribution in [2.45, 2.75) is 32.1 Å². The third kappa shape index (κ3) is 2.88. The van der Waals surface area contributed by atoms with Gasteiger partial charge in [-0.05, 0) is 18.8 Å². The summed E-state index contributed by atoms with van der Waals surface area (Å²) in [5.74, 6) is 2.06. The van der Waals surface area contributed by atoms with Crippen molar-refractivity contribution in [2.75, 3.05) is 26.8 Å². The van der Waals surface area contributed by atoms with Gasteiger partial charge in [-0.1, -0.05) is 5.16 Å². The van der Waals surface area contributed by atoms with E-state index in [4.69, 9.17) is 14.0 Å². The zero-order valence-corrected chi connectivity index (χ0v) is 10.7. The molecule has 0 N–H and O–H groups in total. The van der Waals surface area contributed by atoms with Gasteiger partial charge >= 0.3 is 0 Å². The summed E-state index contributed by atoms with van der Waals surface area (Å²) in [5.41, 5.74) is 0. The van der Waals surface area contributed by atoms with E-state index in [0.29, 0.717) is 18.6 Å². The molecule has 0 spiro atoms. The van der Waals surface area contributed by atoms with Gasteiger partial charge in [0.25, 0.3) is 5.89 Å². The molecule has 2 aliphatic rings. The molecule has 1 saturated carbocycles. The molecule has 18 heavy (non-hydrogen) atoms. The summed E-state index contributed by atoms with van der Waals surface area (Å²) in [6, 6.07) is 0. The highest BCUT2D eigenvalue weighted by molar-refractivity contribution is 4.90. The fraction of sp³-hybridized carbons (Fsp3) is 0.833. The average molecular weight is 253 g/mol. The smallest absolute Gasteiger partial charge is 0.252 e. The Morgan fingerprint density at radius 3 is 3.11 bits per heavy atom. The molecule has 1 aromatic rings. The summed E-state index contributed by atoms with van der Waals surface area (Å²) < 4.78 is 15.8. The van der Waals surface area contributed by atoms with E-state index in [2.05, 4.69) is 15.0 Å². The first kappa shape index (κ1) is 12.1. The topological polar surface area (TPSA) is 60.6 Å². The summed E-state index contributed by atoms with van der Waals surface area (Å²) in [4.78, 5) is 6.64. The fourth-order valence-corrected chi connectivity index (χ4v) is 2.36. The Hall–Kier alpha value is -0.980. The summed E-state index contributed by atoms with van der Waals surface area (Å²) in [6.07, 6.45) is 3.04. The minimum absolute atomic E-state index is 0.376. The lowest BCUT2D eigenvalue weighted by atomic mass is 10.2. The molecule has 6 nitrogen and oxygen atoms in total. The van der Waals surface area contributed by atoms with Crippen molar-refractivity contribution in [2.24, 2.45) is 5.92 Å². The van der Waals surface area contributed by atoms with Gasteiger partial charge in [-0.15, -0.1) is 0 Å². The summed E-state index contributed by atoms with van der Waals surface area (Å²) in [6.45, 7) is 3.85. The summed E-state index contributed by atoms with van der Waals surface area (Å²) in [7, 11) is 1.62. The van der Waals surface area contributed by atoms with E-state index in [-0.39, 0.29) is 0 Å². The molecule has 0 radical (unpaired) electrons. The van der Waals surface area contributed by atoms with Gasteiger partial charge in [0.2, 0.25) is 0 Å². The highest BCUT2D eigenvalue weighted by Gasteiger charge is 2.35. The number of nitrogens with zero attached hydrogens (tertiary/aromatic N) is 3. The molecule has 1 atom stereocenters. The molecule has 0 amide bonds. The minimum atomic E-state index is 0.376.